The van der Waals surface area contributed by atoms with Gasteiger partial charge in [-0.25, -0.2) is 0 Å². The molecule has 0 aliphatic rings. The third kappa shape index (κ3) is 6.81. The summed E-state index contributed by atoms with van der Waals surface area (Å²) < 4.78 is 5.53. The number of carbonyl (C=O) groups is 3. The maximum Gasteiger partial charge on any atom is 0.269 e. The summed E-state index contributed by atoms with van der Waals surface area (Å²) in [6.45, 7) is 2.46. The number of hydrogen-bond donors (Lipinski definition) is 3. The molecule has 0 saturated carbocycles. The van der Waals surface area contributed by atoms with Gasteiger partial charge in [-0.2, -0.15) is 0 Å². The first-order valence-corrected chi connectivity index (χ1v) is 8.75. The molecule has 3 N–H and O–H groups in total. The predicted octanol–water partition coefficient (Wildman–Crippen LogP) is 2.06. The second-order valence-corrected chi connectivity index (χ2v) is 5.78. The van der Waals surface area contributed by atoms with Gasteiger partial charge in [0.15, 0.2) is 0 Å². The van der Waals surface area contributed by atoms with E-state index in [0.29, 0.717) is 23.5 Å². The zero-order valence-corrected chi connectivity index (χ0v) is 15.2. The van der Waals surface area contributed by atoms with E-state index in [1.165, 1.54) is 0 Å². The molecule has 0 atom stereocenters. The number of hydrazine groups is 1. The van der Waals surface area contributed by atoms with Gasteiger partial charge in [-0.1, -0.05) is 31.5 Å². The average Bonchev–Trinajstić information content (AvgIpc) is 2.71. The van der Waals surface area contributed by atoms with Gasteiger partial charge in [0.1, 0.15) is 5.75 Å². The normalized spacial score (nSPS) is 9.96. The lowest BCUT2D eigenvalue weighted by molar-refractivity contribution is -0.120. The molecule has 142 valence electrons. The SMILES string of the molecule is CCCCOc1ccc(C(=O)NCC(=O)NNC(=O)c2ccccc2)cc1. The molecule has 0 spiro atoms. The number of unbranched alkanes of at least 4 members (excludes halogenated alkanes) is 1. The Morgan fingerprint density at radius 1 is 0.852 bits per heavy atom. The van der Waals surface area contributed by atoms with Crippen LogP contribution in [0.15, 0.2) is 54.6 Å². The largest absolute Gasteiger partial charge is 0.494 e. The fourth-order valence-electron chi connectivity index (χ4n) is 2.13. The number of carbonyl (C=O) groups excluding carboxylic acids is 3. The van der Waals surface area contributed by atoms with Crippen molar-refractivity contribution in [2.24, 2.45) is 0 Å². The second kappa shape index (κ2) is 10.6. The molecule has 27 heavy (non-hydrogen) atoms. The van der Waals surface area contributed by atoms with E-state index in [-0.39, 0.29) is 12.5 Å². The molecule has 0 heterocycles. The molecule has 0 aliphatic heterocycles. The minimum atomic E-state index is -0.535. The van der Waals surface area contributed by atoms with Crippen LogP contribution in [0.3, 0.4) is 0 Å². The van der Waals surface area contributed by atoms with Crippen molar-refractivity contribution < 1.29 is 19.1 Å². The van der Waals surface area contributed by atoms with E-state index in [1.54, 1.807) is 54.6 Å². The van der Waals surface area contributed by atoms with Gasteiger partial charge in [-0.05, 0) is 42.8 Å². The monoisotopic (exact) mass is 369 g/mol. The van der Waals surface area contributed by atoms with E-state index in [1.807, 2.05) is 0 Å². The minimum Gasteiger partial charge on any atom is -0.494 e. The molecule has 3 amide bonds. The Bertz CT molecular complexity index is 761. The molecule has 0 fully saturated rings. The van der Waals surface area contributed by atoms with Crippen LogP contribution in [0.2, 0.25) is 0 Å². The topological polar surface area (TPSA) is 96.5 Å². The Morgan fingerprint density at radius 3 is 2.19 bits per heavy atom. The van der Waals surface area contributed by atoms with E-state index in [2.05, 4.69) is 23.1 Å². The van der Waals surface area contributed by atoms with Crippen LogP contribution in [0.25, 0.3) is 0 Å². The molecule has 0 aliphatic carbocycles. The van der Waals surface area contributed by atoms with Crippen molar-refractivity contribution in [2.75, 3.05) is 13.2 Å². The van der Waals surface area contributed by atoms with Gasteiger partial charge >= 0.3 is 0 Å². The van der Waals surface area contributed by atoms with E-state index >= 15 is 0 Å². The number of ether oxygens (including phenoxy) is 1. The first kappa shape index (κ1) is 20.0. The first-order valence-electron chi connectivity index (χ1n) is 8.75. The van der Waals surface area contributed by atoms with Crippen LogP contribution in [0.4, 0.5) is 0 Å². The maximum absolute atomic E-state index is 12.1. The second-order valence-electron chi connectivity index (χ2n) is 5.78. The Hall–Kier alpha value is -3.35. The van der Waals surface area contributed by atoms with Crippen molar-refractivity contribution in [1.29, 1.82) is 0 Å². The summed E-state index contributed by atoms with van der Waals surface area (Å²) in [5.41, 5.74) is 5.38. The maximum atomic E-state index is 12.1. The number of hydrogen-bond acceptors (Lipinski definition) is 4. The molecule has 0 unspecified atom stereocenters. The quantitative estimate of drug-likeness (QED) is 0.490. The van der Waals surface area contributed by atoms with E-state index in [9.17, 15) is 14.4 Å². The van der Waals surface area contributed by atoms with Crippen molar-refractivity contribution in [2.45, 2.75) is 19.8 Å². The third-order valence-electron chi connectivity index (χ3n) is 3.64. The van der Waals surface area contributed by atoms with E-state index in [0.717, 1.165) is 12.8 Å². The molecule has 2 aromatic carbocycles. The van der Waals surface area contributed by atoms with Gasteiger partial charge in [0.2, 0.25) is 0 Å². The van der Waals surface area contributed by atoms with Gasteiger partial charge in [0, 0.05) is 11.1 Å². The average molecular weight is 369 g/mol. The van der Waals surface area contributed by atoms with Crippen molar-refractivity contribution in [3.63, 3.8) is 0 Å². The summed E-state index contributed by atoms with van der Waals surface area (Å²) in [6, 6.07) is 15.2. The summed E-state index contributed by atoms with van der Waals surface area (Å²) in [7, 11) is 0. The number of benzene rings is 2. The van der Waals surface area contributed by atoms with E-state index < -0.39 is 11.8 Å². The summed E-state index contributed by atoms with van der Waals surface area (Å²) >= 11 is 0. The highest BCUT2D eigenvalue weighted by atomic mass is 16.5. The Balaban J connectivity index is 1.72. The summed E-state index contributed by atoms with van der Waals surface area (Å²) in [6.07, 6.45) is 2.02. The van der Waals surface area contributed by atoms with Gasteiger partial charge in [0.05, 0.1) is 13.2 Å². The highest BCUT2D eigenvalue weighted by Crippen LogP contribution is 2.12. The molecule has 0 aromatic heterocycles. The fourth-order valence-corrected chi connectivity index (χ4v) is 2.13. The standard InChI is InChI=1S/C20H23N3O4/c1-2-3-13-27-17-11-9-16(10-12-17)19(25)21-14-18(24)22-23-20(26)15-7-5-4-6-8-15/h4-12H,2-3,13-14H2,1H3,(H,21,25)(H,22,24)(H,23,26). The van der Waals surface area contributed by atoms with Gasteiger partial charge < -0.3 is 10.1 Å². The van der Waals surface area contributed by atoms with Gasteiger partial charge in [0.25, 0.3) is 17.7 Å². The lowest BCUT2D eigenvalue weighted by Gasteiger charge is -2.09. The first-order chi connectivity index (χ1) is 13.1. The molecule has 2 aromatic rings. The Labute approximate surface area is 158 Å². The molecule has 0 saturated heterocycles. The lowest BCUT2D eigenvalue weighted by Crippen LogP contribution is -2.46. The zero-order valence-electron chi connectivity index (χ0n) is 15.2. The van der Waals surface area contributed by atoms with Crippen LogP contribution in [0.5, 0.6) is 5.75 Å². The van der Waals surface area contributed by atoms with Crippen molar-refractivity contribution in [1.82, 2.24) is 16.2 Å². The molecule has 0 bridgehead atoms. The van der Waals surface area contributed by atoms with Crippen LogP contribution < -0.4 is 20.9 Å². The van der Waals surface area contributed by atoms with Crippen LogP contribution in [-0.4, -0.2) is 30.9 Å². The highest BCUT2D eigenvalue weighted by molar-refractivity contribution is 5.98. The summed E-state index contributed by atoms with van der Waals surface area (Å²) in [4.78, 5) is 35.6. The fraction of sp³-hybridized carbons (Fsp3) is 0.250. The van der Waals surface area contributed by atoms with Crippen molar-refractivity contribution in [3.8, 4) is 5.75 Å². The Kier molecular flexibility index (Phi) is 7.84. The number of amides is 3. The summed E-state index contributed by atoms with van der Waals surface area (Å²) in [5, 5.41) is 2.49. The molecule has 2 rings (SSSR count). The van der Waals surface area contributed by atoms with Crippen LogP contribution in [-0.2, 0) is 4.79 Å². The Morgan fingerprint density at radius 2 is 1.52 bits per heavy atom. The molecule has 0 radical (unpaired) electrons. The van der Waals surface area contributed by atoms with Crippen LogP contribution in [0.1, 0.15) is 40.5 Å². The summed E-state index contributed by atoms with van der Waals surface area (Å²) in [5.74, 6) is -0.665. The smallest absolute Gasteiger partial charge is 0.269 e. The minimum absolute atomic E-state index is 0.261. The molecule has 7 nitrogen and oxygen atoms in total. The number of nitrogens with one attached hydrogen (secondary N) is 3. The predicted molar refractivity (Wildman–Crippen MR) is 101 cm³/mol. The van der Waals surface area contributed by atoms with E-state index in [4.69, 9.17) is 4.74 Å². The zero-order chi connectivity index (χ0) is 19.5. The lowest BCUT2D eigenvalue weighted by atomic mass is 10.2. The highest BCUT2D eigenvalue weighted by Gasteiger charge is 2.10. The molecular formula is C20H23N3O4. The van der Waals surface area contributed by atoms with Crippen LogP contribution in [0, 0.1) is 0 Å². The molecular weight excluding hydrogens is 346 g/mol. The number of rotatable bonds is 8. The van der Waals surface area contributed by atoms with Crippen LogP contribution >= 0.6 is 0 Å². The van der Waals surface area contributed by atoms with Crippen molar-refractivity contribution in [3.05, 3.63) is 65.7 Å². The van der Waals surface area contributed by atoms with Gasteiger partial charge in [-0.15, -0.1) is 0 Å². The third-order valence-corrected chi connectivity index (χ3v) is 3.64. The van der Waals surface area contributed by atoms with Crippen molar-refractivity contribution >= 4 is 17.7 Å². The molecule has 7 heteroatoms. The van der Waals surface area contributed by atoms with Gasteiger partial charge in [-0.3, -0.25) is 25.2 Å².